The smallest absolute Gasteiger partial charge is 0.116 e. The molecule has 23 heavy (non-hydrogen) atoms. The predicted octanol–water partition coefficient (Wildman–Crippen LogP) is 3.38. The van der Waals surface area contributed by atoms with Crippen LogP contribution in [0.25, 0.3) is 5.57 Å². The SMILES string of the molecule is CN(C)CCN=C1C=C(c2ccccc2)Cc2ccc(O)cc21. The molecule has 0 radical (unpaired) electrons. The van der Waals surface area contributed by atoms with Crippen molar-refractivity contribution in [3.05, 3.63) is 71.3 Å². The van der Waals surface area contributed by atoms with Crippen LogP contribution in [0.5, 0.6) is 5.75 Å². The molecule has 2 aromatic rings. The highest BCUT2D eigenvalue weighted by Gasteiger charge is 2.17. The van der Waals surface area contributed by atoms with E-state index >= 15 is 0 Å². The monoisotopic (exact) mass is 306 g/mol. The Morgan fingerprint density at radius 1 is 1.09 bits per heavy atom. The Hall–Kier alpha value is -2.39. The van der Waals surface area contributed by atoms with Crippen LogP contribution in [0.2, 0.25) is 0 Å². The predicted molar refractivity (Wildman–Crippen MR) is 96.2 cm³/mol. The van der Waals surface area contributed by atoms with Crippen LogP contribution in [0.3, 0.4) is 0 Å². The van der Waals surface area contributed by atoms with Gasteiger partial charge in [0.25, 0.3) is 0 Å². The number of likely N-dealkylation sites (N-methyl/N-ethyl adjacent to an activating group) is 1. The molecule has 0 spiro atoms. The second-order valence-corrected chi connectivity index (χ2v) is 6.12. The fourth-order valence-electron chi connectivity index (χ4n) is 2.79. The molecule has 0 bridgehead atoms. The first-order valence-electron chi connectivity index (χ1n) is 7.91. The first-order chi connectivity index (χ1) is 11.1. The molecule has 0 heterocycles. The number of benzene rings is 2. The van der Waals surface area contributed by atoms with Crippen LogP contribution in [-0.2, 0) is 6.42 Å². The summed E-state index contributed by atoms with van der Waals surface area (Å²) in [6.07, 6.45) is 3.03. The van der Waals surface area contributed by atoms with Gasteiger partial charge in [-0.15, -0.1) is 0 Å². The highest BCUT2D eigenvalue weighted by atomic mass is 16.3. The molecule has 0 atom stereocenters. The van der Waals surface area contributed by atoms with Gasteiger partial charge in [-0.1, -0.05) is 36.4 Å². The molecule has 118 valence electrons. The number of aliphatic imine (C=N–C) groups is 1. The Kier molecular flexibility index (Phi) is 4.58. The fraction of sp³-hybridized carbons (Fsp3) is 0.250. The average molecular weight is 306 g/mol. The van der Waals surface area contributed by atoms with Gasteiger partial charge in [-0.3, -0.25) is 4.99 Å². The quantitative estimate of drug-likeness (QED) is 0.940. The Labute approximate surface area is 137 Å². The summed E-state index contributed by atoms with van der Waals surface area (Å²) >= 11 is 0. The van der Waals surface area contributed by atoms with Gasteiger partial charge in [-0.2, -0.15) is 0 Å². The lowest BCUT2D eigenvalue weighted by molar-refractivity contribution is 0.420. The maximum atomic E-state index is 9.82. The van der Waals surface area contributed by atoms with Crippen LogP contribution < -0.4 is 0 Å². The lowest BCUT2D eigenvalue weighted by Crippen LogP contribution is -2.17. The number of phenolic OH excluding ortho intramolecular Hbond substituents is 1. The molecule has 3 heteroatoms. The number of fused-ring (bicyclic) bond motifs is 1. The van der Waals surface area contributed by atoms with E-state index in [0.29, 0.717) is 5.75 Å². The molecule has 0 aliphatic heterocycles. The molecule has 1 N–H and O–H groups in total. The third-order valence-corrected chi connectivity index (χ3v) is 4.04. The third-order valence-electron chi connectivity index (χ3n) is 4.04. The Balaban J connectivity index is 1.99. The summed E-state index contributed by atoms with van der Waals surface area (Å²) < 4.78 is 0. The van der Waals surface area contributed by atoms with Gasteiger partial charge in [-0.05, 0) is 55.4 Å². The zero-order valence-electron chi connectivity index (χ0n) is 13.7. The normalized spacial score (nSPS) is 15.6. The number of aromatic hydroxyl groups is 1. The van der Waals surface area contributed by atoms with E-state index in [1.54, 1.807) is 6.07 Å². The van der Waals surface area contributed by atoms with Crippen LogP contribution in [0.1, 0.15) is 16.7 Å². The van der Waals surface area contributed by atoms with E-state index in [2.05, 4.69) is 35.2 Å². The van der Waals surface area contributed by atoms with Gasteiger partial charge in [-0.25, -0.2) is 0 Å². The topological polar surface area (TPSA) is 35.8 Å². The van der Waals surface area contributed by atoms with Gasteiger partial charge in [0.05, 0.1) is 12.3 Å². The number of allylic oxidation sites excluding steroid dienone is 2. The first-order valence-corrected chi connectivity index (χ1v) is 7.91. The zero-order chi connectivity index (χ0) is 16.2. The van der Waals surface area contributed by atoms with Crippen molar-refractivity contribution in [1.82, 2.24) is 4.90 Å². The first kappa shape index (κ1) is 15.5. The van der Waals surface area contributed by atoms with Crippen molar-refractivity contribution in [2.45, 2.75) is 6.42 Å². The summed E-state index contributed by atoms with van der Waals surface area (Å²) in [5, 5.41) is 9.82. The summed E-state index contributed by atoms with van der Waals surface area (Å²) in [4.78, 5) is 6.89. The summed E-state index contributed by atoms with van der Waals surface area (Å²) in [6.45, 7) is 1.65. The van der Waals surface area contributed by atoms with E-state index < -0.39 is 0 Å². The molecule has 0 fully saturated rings. The molecule has 2 aromatic carbocycles. The van der Waals surface area contributed by atoms with Gasteiger partial charge in [0.1, 0.15) is 5.75 Å². The second-order valence-electron chi connectivity index (χ2n) is 6.12. The highest BCUT2D eigenvalue weighted by molar-refractivity contribution is 6.15. The van der Waals surface area contributed by atoms with E-state index in [0.717, 1.165) is 30.8 Å². The van der Waals surface area contributed by atoms with Crippen LogP contribution in [0.4, 0.5) is 0 Å². The van der Waals surface area contributed by atoms with Gasteiger partial charge in [0.2, 0.25) is 0 Å². The summed E-state index contributed by atoms with van der Waals surface area (Å²) in [7, 11) is 4.10. The molecular weight excluding hydrogens is 284 g/mol. The van der Waals surface area contributed by atoms with Crippen molar-refractivity contribution in [1.29, 1.82) is 0 Å². The molecule has 0 saturated carbocycles. The molecule has 0 amide bonds. The van der Waals surface area contributed by atoms with Crippen LogP contribution in [-0.4, -0.2) is 42.9 Å². The fourth-order valence-corrected chi connectivity index (χ4v) is 2.79. The van der Waals surface area contributed by atoms with Crippen molar-refractivity contribution >= 4 is 11.3 Å². The molecule has 3 nitrogen and oxygen atoms in total. The molecular formula is C20H22N2O. The number of rotatable bonds is 4. The Morgan fingerprint density at radius 3 is 2.61 bits per heavy atom. The van der Waals surface area contributed by atoms with E-state index in [1.165, 1.54) is 16.7 Å². The minimum absolute atomic E-state index is 0.292. The molecule has 1 aliphatic rings. The molecule has 1 aliphatic carbocycles. The number of nitrogens with zero attached hydrogens (tertiary/aromatic N) is 2. The molecule has 0 saturated heterocycles. The minimum atomic E-state index is 0.292. The van der Waals surface area contributed by atoms with E-state index in [4.69, 9.17) is 4.99 Å². The van der Waals surface area contributed by atoms with E-state index in [9.17, 15) is 5.11 Å². The summed E-state index contributed by atoms with van der Waals surface area (Å²) in [5.74, 6) is 0.292. The lowest BCUT2D eigenvalue weighted by Gasteiger charge is -2.20. The highest BCUT2D eigenvalue weighted by Crippen LogP contribution is 2.30. The molecule has 0 aromatic heterocycles. The van der Waals surface area contributed by atoms with Crippen LogP contribution in [0.15, 0.2) is 59.6 Å². The van der Waals surface area contributed by atoms with Crippen LogP contribution >= 0.6 is 0 Å². The maximum absolute atomic E-state index is 9.82. The number of hydrogen-bond acceptors (Lipinski definition) is 3. The third kappa shape index (κ3) is 3.69. The van der Waals surface area contributed by atoms with Crippen molar-refractivity contribution in [3.63, 3.8) is 0 Å². The van der Waals surface area contributed by atoms with E-state index in [-0.39, 0.29) is 0 Å². The van der Waals surface area contributed by atoms with Crippen molar-refractivity contribution < 1.29 is 5.11 Å². The standard InChI is InChI=1S/C20H22N2O/c1-22(2)11-10-21-20-13-17(15-6-4-3-5-7-15)12-16-8-9-18(23)14-19(16)20/h3-9,13-14,23H,10-12H2,1-2H3. The van der Waals surface area contributed by atoms with Gasteiger partial charge in [0, 0.05) is 12.1 Å². The van der Waals surface area contributed by atoms with Crippen molar-refractivity contribution in [3.8, 4) is 5.75 Å². The molecule has 3 rings (SSSR count). The Bertz CT molecular complexity index is 745. The second kappa shape index (κ2) is 6.80. The number of phenols is 1. The largest absolute Gasteiger partial charge is 0.508 e. The van der Waals surface area contributed by atoms with Crippen molar-refractivity contribution in [2.75, 3.05) is 27.2 Å². The van der Waals surface area contributed by atoms with Gasteiger partial charge >= 0.3 is 0 Å². The zero-order valence-corrected chi connectivity index (χ0v) is 13.7. The maximum Gasteiger partial charge on any atom is 0.116 e. The lowest BCUT2D eigenvalue weighted by atomic mass is 9.87. The van der Waals surface area contributed by atoms with Crippen molar-refractivity contribution in [2.24, 2.45) is 4.99 Å². The summed E-state index contributed by atoms with van der Waals surface area (Å²) in [5.41, 5.74) is 5.72. The Morgan fingerprint density at radius 2 is 1.87 bits per heavy atom. The van der Waals surface area contributed by atoms with Gasteiger partial charge < -0.3 is 10.0 Å². The minimum Gasteiger partial charge on any atom is -0.508 e. The van der Waals surface area contributed by atoms with Crippen LogP contribution in [0, 0.1) is 0 Å². The summed E-state index contributed by atoms with van der Waals surface area (Å²) in [6, 6.07) is 16.0. The van der Waals surface area contributed by atoms with Gasteiger partial charge in [0.15, 0.2) is 0 Å². The number of hydrogen-bond donors (Lipinski definition) is 1. The molecule has 0 unspecified atom stereocenters. The van der Waals surface area contributed by atoms with E-state index in [1.807, 2.05) is 32.3 Å². The average Bonchev–Trinajstić information content (AvgIpc) is 2.55.